The molecule has 0 aliphatic heterocycles. The third-order valence-electron chi connectivity index (χ3n) is 2.34. The van der Waals surface area contributed by atoms with Crippen molar-refractivity contribution in [3.05, 3.63) is 32.4 Å². The summed E-state index contributed by atoms with van der Waals surface area (Å²) in [4.78, 5) is 11.2. The van der Waals surface area contributed by atoms with Gasteiger partial charge >= 0.3 is 5.97 Å². The Kier molecular flexibility index (Phi) is 4.74. The Balaban J connectivity index is 3.16. The number of nitrogens with zero attached hydrogens (tertiary/aromatic N) is 1. The minimum atomic E-state index is -0.320. The van der Waals surface area contributed by atoms with Gasteiger partial charge in [-0.2, -0.15) is 5.26 Å². The van der Waals surface area contributed by atoms with Crippen molar-refractivity contribution >= 4 is 28.6 Å². The predicted octanol–water partition coefficient (Wildman–Crippen LogP) is 2.44. The molecule has 0 heterocycles. The van der Waals surface area contributed by atoms with Crippen molar-refractivity contribution in [1.82, 2.24) is 0 Å². The van der Waals surface area contributed by atoms with E-state index in [-0.39, 0.29) is 12.4 Å². The summed E-state index contributed by atoms with van der Waals surface area (Å²) in [6.07, 6.45) is 1.04. The van der Waals surface area contributed by atoms with E-state index < -0.39 is 0 Å². The van der Waals surface area contributed by atoms with Gasteiger partial charge in [-0.05, 0) is 46.2 Å². The molecule has 0 unspecified atom stereocenters. The zero-order valence-electron chi connectivity index (χ0n) is 9.21. The van der Waals surface area contributed by atoms with Crippen LogP contribution in [0.4, 0.5) is 0 Å². The van der Waals surface area contributed by atoms with Crippen molar-refractivity contribution in [2.45, 2.75) is 19.8 Å². The summed E-state index contributed by atoms with van der Waals surface area (Å²) in [6, 6.07) is 5.84. The summed E-state index contributed by atoms with van der Waals surface area (Å²) in [5, 5.41) is 8.99. The van der Waals surface area contributed by atoms with Crippen molar-refractivity contribution in [2.24, 2.45) is 0 Å². The molecule has 84 valence electrons. The maximum absolute atomic E-state index is 11.2. The summed E-state index contributed by atoms with van der Waals surface area (Å²) >= 11 is 2.20. The number of aryl methyl sites for hydroxylation is 1. The van der Waals surface area contributed by atoms with Gasteiger partial charge in [-0.25, -0.2) is 0 Å². The zero-order chi connectivity index (χ0) is 12.1. The lowest BCUT2D eigenvalue weighted by Crippen LogP contribution is -2.07. The Morgan fingerprint density at radius 3 is 2.69 bits per heavy atom. The first-order valence-corrected chi connectivity index (χ1v) is 5.98. The lowest BCUT2D eigenvalue weighted by molar-refractivity contribution is -0.139. The van der Waals surface area contributed by atoms with Crippen LogP contribution in [0.2, 0.25) is 0 Å². The molecule has 0 saturated heterocycles. The molecule has 1 aromatic rings. The summed E-state index contributed by atoms with van der Waals surface area (Å²) in [5.74, 6) is -0.320. The van der Waals surface area contributed by atoms with E-state index in [0.29, 0.717) is 5.56 Å². The van der Waals surface area contributed by atoms with Crippen LogP contribution in [0.15, 0.2) is 12.1 Å². The van der Waals surface area contributed by atoms with Crippen LogP contribution in [0.1, 0.15) is 23.6 Å². The fraction of sp³-hybridized carbons (Fsp3) is 0.333. The normalized spacial score (nSPS) is 9.62. The highest BCUT2D eigenvalue weighted by atomic mass is 127. The second kappa shape index (κ2) is 5.85. The van der Waals surface area contributed by atoms with E-state index in [9.17, 15) is 4.79 Å². The molecule has 1 aromatic carbocycles. The summed E-state index contributed by atoms with van der Waals surface area (Å²) in [5.41, 5.74) is 2.44. The summed E-state index contributed by atoms with van der Waals surface area (Å²) in [7, 11) is 1.35. The smallest absolute Gasteiger partial charge is 0.310 e. The zero-order valence-corrected chi connectivity index (χ0v) is 11.4. The van der Waals surface area contributed by atoms with Crippen molar-refractivity contribution in [1.29, 1.82) is 5.26 Å². The Morgan fingerprint density at radius 1 is 1.50 bits per heavy atom. The van der Waals surface area contributed by atoms with Gasteiger partial charge < -0.3 is 4.74 Å². The quantitative estimate of drug-likeness (QED) is 0.632. The molecular weight excluding hydrogens is 317 g/mol. The van der Waals surface area contributed by atoms with Crippen LogP contribution in [0.5, 0.6) is 0 Å². The molecule has 16 heavy (non-hydrogen) atoms. The van der Waals surface area contributed by atoms with Gasteiger partial charge in [0.15, 0.2) is 0 Å². The fourth-order valence-electron chi connectivity index (χ4n) is 1.42. The molecule has 0 N–H and O–H groups in total. The van der Waals surface area contributed by atoms with Gasteiger partial charge in [0.2, 0.25) is 0 Å². The fourth-order valence-corrected chi connectivity index (χ4v) is 2.27. The predicted molar refractivity (Wildman–Crippen MR) is 69.0 cm³/mol. The second-order valence-corrected chi connectivity index (χ2v) is 4.48. The molecule has 3 nitrogen and oxygen atoms in total. The first-order chi connectivity index (χ1) is 7.62. The lowest BCUT2D eigenvalue weighted by Gasteiger charge is -2.07. The van der Waals surface area contributed by atoms with Crippen LogP contribution in [0, 0.1) is 14.9 Å². The molecule has 0 amide bonds. The molecule has 1 rings (SSSR count). The topological polar surface area (TPSA) is 50.1 Å². The maximum atomic E-state index is 11.2. The van der Waals surface area contributed by atoms with Gasteiger partial charge in [0.25, 0.3) is 0 Å². The molecule has 0 atom stereocenters. The van der Waals surface area contributed by atoms with Crippen molar-refractivity contribution in [3.8, 4) is 6.07 Å². The van der Waals surface area contributed by atoms with Crippen LogP contribution >= 0.6 is 22.6 Å². The second-order valence-electron chi connectivity index (χ2n) is 3.32. The number of esters is 1. The molecule has 0 aromatic heterocycles. The number of nitriles is 1. The third kappa shape index (κ3) is 2.95. The minimum Gasteiger partial charge on any atom is -0.469 e. The molecule has 0 bridgehead atoms. The van der Waals surface area contributed by atoms with E-state index >= 15 is 0 Å². The Morgan fingerprint density at radius 2 is 2.19 bits per heavy atom. The summed E-state index contributed by atoms with van der Waals surface area (Å²) < 4.78 is 5.67. The number of hydrogen-bond acceptors (Lipinski definition) is 3. The van der Waals surface area contributed by atoms with Crippen molar-refractivity contribution < 1.29 is 9.53 Å². The number of halogens is 1. The molecule has 0 aliphatic carbocycles. The molecule has 0 radical (unpaired) electrons. The first-order valence-electron chi connectivity index (χ1n) is 4.90. The Hall–Kier alpha value is -1.09. The SMILES string of the molecule is CCc1cc(CC(=O)OC)c(C#N)cc1I. The Bertz CT molecular complexity index is 449. The van der Waals surface area contributed by atoms with Gasteiger partial charge in [-0.3, -0.25) is 4.79 Å². The number of benzene rings is 1. The number of rotatable bonds is 3. The van der Waals surface area contributed by atoms with Crippen molar-refractivity contribution in [3.63, 3.8) is 0 Å². The average molecular weight is 329 g/mol. The molecule has 0 spiro atoms. The number of carbonyl (C=O) groups excluding carboxylic acids is 1. The molecule has 0 aliphatic rings. The molecular formula is C12H12INO2. The van der Waals surface area contributed by atoms with E-state index in [4.69, 9.17) is 5.26 Å². The monoisotopic (exact) mass is 329 g/mol. The summed E-state index contributed by atoms with van der Waals surface area (Å²) in [6.45, 7) is 2.05. The van der Waals surface area contributed by atoms with Gasteiger partial charge in [0, 0.05) is 3.57 Å². The molecule has 4 heteroatoms. The molecule has 0 saturated carbocycles. The average Bonchev–Trinajstić information content (AvgIpc) is 2.30. The third-order valence-corrected chi connectivity index (χ3v) is 3.34. The van der Waals surface area contributed by atoms with E-state index in [0.717, 1.165) is 21.1 Å². The number of ether oxygens (including phenoxy) is 1. The van der Waals surface area contributed by atoms with Crippen LogP contribution in [0.25, 0.3) is 0 Å². The van der Waals surface area contributed by atoms with E-state index in [2.05, 4.69) is 33.4 Å². The van der Waals surface area contributed by atoms with Gasteiger partial charge in [-0.1, -0.05) is 13.0 Å². The largest absolute Gasteiger partial charge is 0.469 e. The van der Waals surface area contributed by atoms with E-state index in [1.807, 2.05) is 19.1 Å². The van der Waals surface area contributed by atoms with Gasteiger partial charge in [0.05, 0.1) is 25.2 Å². The van der Waals surface area contributed by atoms with Crippen LogP contribution in [0.3, 0.4) is 0 Å². The van der Waals surface area contributed by atoms with Crippen LogP contribution in [-0.2, 0) is 22.4 Å². The van der Waals surface area contributed by atoms with Crippen molar-refractivity contribution in [2.75, 3.05) is 7.11 Å². The van der Waals surface area contributed by atoms with E-state index in [1.54, 1.807) is 0 Å². The maximum Gasteiger partial charge on any atom is 0.310 e. The lowest BCUT2D eigenvalue weighted by atomic mass is 10.0. The highest BCUT2D eigenvalue weighted by Crippen LogP contribution is 2.20. The highest BCUT2D eigenvalue weighted by Gasteiger charge is 2.11. The minimum absolute atomic E-state index is 0.156. The molecule has 0 fully saturated rings. The van der Waals surface area contributed by atoms with Gasteiger partial charge in [-0.15, -0.1) is 0 Å². The number of methoxy groups -OCH3 is 1. The highest BCUT2D eigenvalue weighted by molar-refractivity contribution is 14.1. The number of hydrogen-bond donors (Lipinski definition) is 0. The van der Waals surface area contributed by atoms with Crippen LogP contribution < -0.4 is 0 Å². The Labute approximate surface area is 109 Å². The number of carbonyl (C=O) groups is 1. The standard InChI is InChI=1S/C12H12INO2/c1-3-8-4-9(6-12(15)16-2)10(7-14)5-11(8)13/h4-5H,3,6H2,1-2H3. The first kappa shape index (κ1) is 13.0. The van der Waals surface area contributed by atoms with Crippen LogP contribution in [-0.4, -0.2) is 13.1 Å². The van der Waals surface area contributed by atoms with E-state index in [1.165, 1.54) is 7.11 Å². The van der Waals surface area contributed by atoms with Gasteiger partial charge in [0.1, 0.15) is 0 Å².